The Bertz CT molecular complexity index is 377. The van der Waals surface area contributed by atoms with Gasteiger partial charge < -0.3 is 10.1 Å². The molecule has 0 saturated carbocycles. The zero-order valence-electron chi connectivity index (χ0n) is 13.3. The SMILES string of the molecule is CCNC(CC(C)CC)c1cc(C)c(OC)c(C)c1. The molecule has 0 aliphatic rings. The minimum atomic E-state index is 0.447. The van der Waals surface area contributed by atoms with Crippen molar-refractivity contribution in [2.24, 2.45) is 5.92 Å². The molecular weight excluding hydrogens is 234 g/mol. The van der Waals surface area contributed by atoms with E-state index < -0.39 is 0 Å². The minimum Gasteiger partial charge on any atom is -0.496 e. The molecule has 2 nitrogen and oxygen atoms in total. The Balaban J connectivity index is 3.02. The van der Waals surface area contributed by atoms with Crippen LogP contribution < -0.4 is 10.1 Å². The molecule has 2 atom stereocenters. The molecule has 2 unspecified atom stereocenters. The van der Waals surface area contributed by atoms with Crippen LogP contribution in [0.1, 0.15) is 56.3 Å². The van der Waals surface area contributed by atoms with E-state index in [1.165, 1.54) is 29.5 Å². The number of hydrogen-bond acceptors (Lipinski definition) is 2. The van der Waals surface area contributed by atoms with Gasteiger partial charge in [-0.15, -0.1) is 0 Å². The summed E-state index contributed by atoms with van der Waals surface area (Å²) in [6, 6.07) is 4.98. The fraction of sp³-hybridized carbons (Fsp3) is 0.647. The first-order valence-corrected chi connectivity index (χ1v) is 7.41. The van der Waals surface area contributed by atoms with E-state index in [-0.39, 0.29) is 0 Å². The summed E-state index contributed by atoms with van der Waals surface area (Å²) in [5.74, 6) is 1.76. The maximum Gasteiger partial charge on any atom is 0.124 e. The Hall–Kier alpha value is -1.02. The van der Waals surface area contributed by atoms with Crippen molar-refractivity contribution in [2.45, 2.75) is 53.5 Å². The predicted octanol–water partition coefficient (Wildman–Crippen LogP) is 4.40. The lowest BCUT2D eigenvalue weighted by Gasteiger charge is -2.23. The summed E-state index contributed by atoms with van der Waals surface area (Å²) in [5.41, 5.74) is 3.84. The fourth-order valence-corrected chi connectivity index (χ4v) is 2.66. The van der Waals surface area contributed by atoms with E-state index in [4.69, 9.17) is 4.74 Å². The molecule has 2 heteroatoms. The molecule has 1 rings (SSSR count). The van der Waals surface area contributed by atoms with Gasteiger partial charge in [-0.05, 0) is 49.4 Å². The van der Waals surface area contributed by atoms with E-state index in [0.29, 0.717) is 6.04 Å². The molecule has 1 aromatic carbocycles. The summed E-state index contributed by atoms with van der Waals surface area (Å²) < 4.78 is 5.45. The lowest BCUT2D eigenvalue weighted by molar-refractivity contribution is 0.400. The van der Waals surface area contributed by atoms with Crippen LogP contribution in [0.3, 0.4) is 0 Å². The van der Waals surface area contributed by atoms with Crippen LogP contribution >= 0.6 is 0 Å². The molecule has 0 radical (unpaired) electrons. The zero-order chi connectivity index (χ0) is 14.4. The molecule has 0 fully saturated rings. The highest BCUT2D eigenvalue weighted by molar-refractivity contribution is 5.44. The standard InChI is InChI=1S/C17H29NO/c1-7-12(3)9-16(18-8-2)15-10-13(4)17(19-6)14(5)11-15/h10-12,16,18H,7-9H2,1-6H3. The van der Waals surface area contributed by atoms with E-state index in [0.717, 1.165) is 18.2 Å². The zero-order valence-corrected chi connectivity index (χ0v) is 13.3. The predicted molar refractivity (Wildman–Crippen MR) is 83.0 cm³/mol. The van der Waals surface area contributed by atoms with E-state index in [1.807, 2.05) is 0 Å². The second-order valence-corrected chi connectivity index (χ2v) is 5.55. The van der Waals surface area contributed by atoms with Crippen molar-refractivity contribution in [3.8, 4) is 5.75 Å². The average Bonchev–Trinajstić information content (AvgIpc) is 2.37. The molecule has 0 aliphatic carbocycles. The van der Waals surface area contributed by atoms with Crippen LogP contribution in [0.5, 0.6) is 5.75 Å². The van der Waals surface area contributed by atoms with Gasteiger partial charge in [0.2, 0.25) is 0 Å². The maximum atomic E-state index is 5.45. The van der Waals surface area contributed by atoms with Gasteiger partial charge in [0.05, 0.1) is 7.11 Å². The molecule has 0 aromatic heterocycles. The molecule has 0 heterocycles. The van der Waals surface area contributed by atoms with Crippen LogP contribution in [0.4, 0.5) is 0 Å². The Morgan fingerprint density at radius 2 is 1.74 bits per heavy atom. The Morgan fingerprint density at radius 3 is 2.16 bits per heavy atom. The molecule has 0 aliphatic heterocycles. The topological polar surface area (TPSA) is 21.3 Å². The van der Waals surface area contributed by atoms with E-state index in [1.54, 1.807) is 7.11 Å². The van der Waals surface area contributed by atoms with E-state index >= 15 is 0 Å². The Kier molecular flexibility index (Phi) is 6.36. The summed E-state index contributed by atoms with van der Waals surface area (Å²) >= 11 is 0. The van der Waals surface area contributed by atoms with Crippen LogP contribution in [-0.4, -0.2) is 13.7 Å². The molecule has 0 amide bonds. The molecule has 19 heavy (non-hydrogen) atoms. The van der Waals surface area contributed by atoms with Crippen molar-refractivity contribution in [3.05, 3.63) is 28.8 Å². The van der Waals surface area contributed by atoms with E-state index in [2.05, 4.69) is 52.1 Å². The van der Waals surface area contributed by atoms with Crippen molar-refractivity contribution in [2.75, 3.05) is 13.7 Å². The first-order chi connectivity index (χ1) is 9.03. The molecule has 1 aromatic rings. The normalized spacial score (nSPS) is 14.2. The van der Waals surface area contributed by atoms with Gasteiger partial charge >= 0.3 is 0 Å². The van der Waals surface area contributed by atoms with Gasteiger partial charge in [0.15, 0.2) is 0 Å². The van der Waals surface area contributed by atoms with Crippen molar-refractivity contribution < 1.29 is 4.74 Å². The quantitative estimate of drug-likeness (QED) is 0.787. The number of rotatable bonds is 7. The van der Waals surface area contributed by atoms with Gasteiger partial charge in [0, 0.05) is 6.04 Å². The first-order valence-electron chi connectivity index (χ1n) is 7.41. The second kappa shape index (κ2) is 7.54. The summed E-state index contributed by atoms with van der Waals surface area (Å²) in [7, 11) is 1.75. The van der Waals surface area contributed by atoms with Crippen molar-refractivity contribution in [1.82, 2.24) is 5.32 Å². The van der Waals surface area contributed by atoms with Gasteiger partial charge in [-0.2, -0.15) is 0 Å². The molecule has 1 N–H and O–H groups in total. The number of aryl methyl sites for hydroxylation is 2. The number of nitrogens with one attached hydrogen (secondary N) is 1. The van der Waals surface area contributed by atoms with Crippen LogP contribution in [0.2, 0.25) is 0 Å². The number of benzene rings is 1. The Labute approximate surface area is 118 Å². The molecule has 0 bridgehead atoms. The van der Waals surface area contributed by atoms with E-state index in [9.17, 15) is 0 Å². The lowest BCUT2D eigenvalue weighted by Crippen LogP contribution is -2.23. The van der Waals surface area contributed by atoms with Crippen molar-refractivity contribution in [3.63, 3.8) is 0 Å². The summed E-state index contributed by atoms with van der Waals surface area (Å²) in [5, 5.41) is 3.62. The average molecular weight is 263 g/mol. The second-order valence-electron chi connectivity index (χ2n) is 5.55. The molecule has 108 valence electrons. The van der Waals surface area contributed by atoms with Crippen molar-refractivity contribution in [1.29, 1.82) is 0 Å². The number of hydrogen-bond donors (Lipinski definition) is 1. The molecule has 0 spiro atoms. The monoisotopic (exact) mass is 263 g/mol. The largest absolute Gasteiger partial charge is 0.496 e. The Morgan fingerprint density at radius 1 is 1.16 bits per heavy atom. The van der Waals surface area contributed by atoms with Gasteiger partial charge in [0.25, 0.3) is 0 Å². The summed E-state index contributed by atoms with van der Waals surface area (Å²) in [4.78, 5) is 0. The first kappa shape index (κ1) is 16.0. The smallest absolute Gasteiger partial charge is 0.124 e. The number of methoxy groups -OCH3 is 1. The van der Waals surface area contributed by atoms with Gasteiger partial charge in [-0.3, -0.25) is 0 Å². The van der Waals surface area contributed by atoms with Crippen LogP contribution in [0.15, 0.2) is 12.1 Å². The highest BCUT2D eigenvalue weighted by Crippen LogP contribution is 2.30. The maximum absolute atomic E-state index is 5.45. The highest BCUT2D eigenvalue weighted by atomic mass is 16.5. The number of ether oxygens (including phenoxy) is 1. The highest BCUT2D eigenvalue weighted by Gasteiger charge is 2.16. The van der Waals surface area contributed by atoms with Crippen LogP contribution in [0, 0.1) is 19.8 Å². The summed E-state index contributed by atoms with van der Waals surface area (Å²) in [6.45, 7) is 12.0. The van der Waals surface area contributed by atoms with Gasteiger partial charge in [0.1, 0.15) is 5.75 Å². The van der Waals surface area contributed by atoms with Gasteiger partial charge in [-0.25, -0.2) is 0 Å². The van der Waals surface area contributed by atoms with Crippen LogP contribution in [0.25, 0.3) is 0 Å². The third kappa shape index (κ3) is 4.24. The third-order valence-corrected chi connectivity index (χ3v) is 3.87. The summed E-state index contributed by atoms with van der Waals surface area (Å²) in [6.07, 6.45) is 2.42. The van der Waals surface area contributed by atoms with Crippen LogP contribution in [-0.2, 0) is 0 Å². The molecular formula is C17H29NO. The van der Waals surface area contributed by atoms with Crippen molar-refractivity contribution >= 4 is 0 Å². The third-order valence-electron chi connectivity index (χ3n) is 3.87. The fourth-order valence-electron chi connectivity index (χ4n) is 2.66. The molecule has 0 saturated heterocycles. The lowest BCUT2D eigenvalue weighted by atomic mass is 9.92. The van der Waals surface area contributed by atoms with Gasteiger partial charge in [-0.1, -0.05) is 39.3 Å². The minimum absolute atomic E-state index is 0.447.